The Labute approximate surface area is 173 Å². The van der Waals surface area contributed by atoms with E-state index in [2.05, 4.69) is 12.2 Å². The van der Waals surface area contributed by atoms with Gasteiger partial charge in [0.1, 0.15) is 0 Å². The summed E-state index contributed by atoms with van der Waals surface area (Å²) in [6.45, 7) is 2.98. The SMILES string of the molecule is CCCCCCCCCCCCCCCCCCNC(=O)CC[C@@H](N)C(N)=O. The van der Waals surface area contributed by atoms with Crippen molar-refractivity contribution in [2.75, 3.05) is 6.54 Å². The molecular weight excluding hydrogens is 350 g/mol. The molecule has 0 aromatic heterocycles. The van der Waals surface area contributed by atoms with Gasteiger partial charge in [0.2, 0.25) is 11.8 Å². The summed E-state index contributed by atoms with van der Waals surface area (Å²) >= 11 is 0. The first-order chi connectivity index (χ1) is 13.6. The Morgan fingerprint density at radius 2 is 1.11 bits per heavy atom. The number of nitrogens with one attached hydrogen (secondary N) is 1. The summed E-state index contributed by atoms with van der Waals surface area (Å²) in [4.78, 5) is 22.4. The first kappa shape index (κ1) is 26.9. The molecule has 0 aromatic carbocycles. The van der Waals surface area contributed by atoms with Gasteiger partial charge in [-0.05, 0) is 12.8 Å². The molecule has 166 valence electrons. The van der Waals surface area contributed by atoms with E-state index >= 15 is 0 Å². The lowest BCUT2D eigenvalue weighted by molar-refractivity contribution is -0.122. The number of rotatable bonds is 21. The fourth-order valence-corrected chi connectivity index (χ4v) is 3.42. The Bertz CT molecular complexity index is 375. The number of hydrogen-bond donors (Lipinski definition) is 3. The lowest BCUT2D eigenvalue weighted by Crippen LogP contribution is -2.37. The summed E-state index contributed by atoms with van der Waals surface area (Å²) in [5.74, 6) is -0.594. The average Bonchev–Trinajstić information content (AvgIpc) is 2.68. The molecule has 0 radical (unpaired) electrons. The van der Waals surface area contributed by atoms with Gasteiger partial charge in [0.25, 0.3) is 0 Å². The third-order valence-electron chi connectivity index (χ3n) is 5.40. The standard InChI is InChI=1S/C23H47N3O2/c1-2-3-4-5-6-7-8-9-10-11-12-13-14-15-16-17-20-26-22(27)19-18-21(24)23(25)28/h21H,2-20,24H2,1H3,(H2,25,28)(H,26,27)/t21-/m1/s1. The molecule has 0 saturated heterocycles. The zero-order valence-corrected chi connectivity index (χ0v) is 18.5. The number of carbonyl (C=O) groups excluding carboxylic acids is 2. The number of nitrogens with two attached hydrogens (primary N) is 2. The quantitative estimate of drug-likeness (QED) is 0.239. The van der Waals surface area contributed by atoms with Gasteiger partial charge in [-0.3, -0.25) is 9.59 Å². The maximum atomic E-state index is 11.6. The van der Waals surface area contributed by atoms with Crippen LogP contribution in [-0.4, -0.2) is 24.4 Å². The highest BCUT2D eigenvalue weighted by Crippen LogP contribution is 2.13. The van der Waals surface area contributed by atoms with Crippen molar-refractivity contribution in [2.24, 2.45) is 11.5 Å². The van der Waals surface area contributed by atoms with E-state index in [1.165, 1.54) is 96.3 Å². The highest BCUT2D eigenvalue weighted by molar-refractivity contribution is 5.81. The molecular formula is C23H47N3O2. The minimum absolute atomic E-state index is 0.0438. The van der Waals surface area contributed by atoms with Crippen molar-refractivity contribution in [3.63, 3.8) is 0 Å². The molecule has 0 saturated carbocycles. The van der Waals surface area contributed by atoms with Crippen LogP contribution in [0.5, 0.6) is 0 Å². The van der Waals surface area contributed by atoms with Crippen LogP contribution in [0.3, 0.4) is 0 Å². The van der Waals surface area contributed by atoms with E-state index in [9.17, 15) is 9.59 Å². The number of hydrogen-bond acceptors (Lipinski definition) is 3. The van der Waals surface area contributed by atoms with Gasteiger partial charge in [-0.1, -0.05) is 103 Å². The van der Waals surface area contributed by atoms with Crippen molar-refractivity contribution in [3.8, 4) is 0 Å². The monoisotopic (exact) mass is 397 g/mol. The van der Waals surface area contributed by atoms with E-state index in [1.54, 1.807) is 0 Å². The van der Waals surface area contributed by atoms with Gasteiger partial charge in [0.15, 0.2) is 0 Å². The molecule has 0 aliphatic rings. The summed E-state index contributed by atoms with van der Waals surface area (Å²) in [6, 6.07) is -0.721. The van der Waals surface area contributed by atoms with Crippen LogP contribution in [0.25, 0.3) is 0 Å². The molecule has 0 rings (SSSR count). The van der Waals surface area contributed by atoms with Crippen LogP contribution in [0.4, 0.5) is 0 Å². The van der Waals surface area contributed by atoms with Crippen LogP contribution >= 0.6 is 0 Å². The molecule has 5 N–H and O–H groups in total. The summed E-state index contributed by atoms with van der Waals surface area (Å²) in [7, 11) is 0. The smallest absolute Gasteiger partial charge is 0.234 e. The van der Waals surface area contributed by atoms with E-state index in [0.717, 1.165) is 6.42 Å². The molecule has 28 heavy (non-hydrogen) atoms. The van der Waals surface area contributed by atoms with Crippen molar-refractivity contribution in [1.82, 2.24) is 5.32 Å². The summed E-state index contributed by atoms with van der Waals surface area (Å²) in [5, 5.41) is 2.88. The minimum atomic E-state index is -0.721. The van der Waals surface area contributed by atoms with Gasteiger partial charge in [-0.25, -0.2) is 0 Å². The summed E-state index contributed by atoms with van der Waals surface area (Å²) in [5.41, 5.74) is 10.6. The Kier molecular flexibility index (Phi) is 19.8. The molecule has 0 unspecified atom stereocenters. The maximum absolute atomic E-state index is 11.6. The molecule has 0 spiro atoms. The predicted octanol–water partition coefficient (Wildman–Crippen LogP) is 4.96. The number of primary amides is 1. The lowest BCUT2D eigenvalue weighted by atomic mass is 10.0. The first-order valence-electron chi connectivity index (χ1n) is 11.9. The van der Waals surface area contributed by atoms with Gasteiger partial charge < -0.3 is 16.8 Å². The van der Waals surface area contributed by atoms with E-state index in [-0.39, 0.29) is 12.3 Å². The maximum Gasteiger partial charge on any atom is 0.234 e. The van der Waals surface area contributed by atoms with Crippen LogP contribution in [0, 0.1) is 0 Å². The average molecular weight is 398 g/mol. The van der Waals surface area contributed by atoms with Gasteiger partial charge in [0.05, 0.1) is 6.04 Å². The van der Waals surface area contributed by atoms with Crippen LogP contribution < -0.4 is 16.8 Å². The molecule has 1 atom stereocenters. The van der Waals surface area contributed by atoms with Crippen molar-refractivity contribution in [1.29, 1.82) is 0 Å². The van der Waals surface area contributed by atoms with Crippen molar-refractivity contribution >= 4 is 11.8 Å². The fourth-order valence-electron chi connectivity index (χ4n) is 3.42. The molecule has 5 nitrogen and oxygen atoms in total. The molecule has 0 aromatic rings. The van der Waals surface area contributed by atoms with Crippen LogP contribution in [-0.2, 0) is 9.59 Å². The zero-order chi connectivity index (χ0) is 20.9. The molecule has 5 heteroatoms. The second-order valence-electron chi connectivity index (χ2n) is 8.20. The summed E-state index contributed by atoms with van der Waals surface area (Å²) in [6.07, 6.45) is 22.1. The third-order valence-corrected chi connectivity index (χ3v) is 5.40. The second-order valence-corrected chi connectivity index (χ2v) is 8.20. The van der Waals surface area contributed by atoms with Crippen molar-refractivity contribution in [3.05, 3.63) is 0 Å². The minimum Gasteiger partial charge on any atom is -0.368 e. The normalized spacial score (nSPS) is 12.1. The molecule has 0 aliphatic carbocycles. The second kappa shape index (κ2) is 20.6. The highest BCUT2D eigenvalue weighted by Gasteiger charge is 2.11. The molecule has 0 heterocycles. The molecule has 2 amide bonds. The van der Waals surface area contributed by atoms with Gasteiger partial charge >= 0.3 is 0 Å². The fraction of sp³-hybridized carbons (Fsp3) is 0.913. The van der Waals surface area contributed by atoms with Crippen LogP contribution in [0.1, 0.15) is 122 Å². The number of amides is 2. The van der Waals surface area contributed by atoms with E-state index in [0.29, 0.717) is 13.0 Å². The predicted molar refractivity (Wildman–Crippen MR) is 119 cm³/mol. The van der Waals surface area contributed by atoms with E-state index < -0.39 is 11.9 Å². The Morgan fingerprint density at radius 1 is 0.714 bits per heavy atom. The van der Waals surface area contributed by atoms with Gasteiger partial charge in [-0.15, -0.1) is 0 Å². The van der Waals surface area contributed by atoms with Crippen LogP contribution in [0.15, 0.2) is 0 Å². The third kappa shape index (κ3) is 19.7. The van der Waals surface area contributed by atoms with Crippen molar-refractivity contribution in [2.45, 2.75) is 129 Å². The Morgan fingerprint density at radius 3 is 1.50 bits per heavy atom. The van der Waals surface area contributed by atoms with E-state index in [4.69, 9.17) is 11.5 Å². The largest absolute Gasteiger partial charge is 0.368 e. The van der Waals surface area contributed by atoms with Crippen molar-refractivity contribution < 1.29 is 9.59 Å². The van der Waals surface area contributed by atoms with Gasteiger partial charge in [-0.2, -0.15) is 0 Å². The first-order valence-corrected chi connectivity index (χ1v) is 11.9. The van der Waals surface area contributed by atoms with Gasteiger partial charge in [0, 0.05) is 13.0 Å². The summed E-state index contributed by atoms with van der Waals surface area (Å²) < 4.78 is 0. The molecule has 0 fully saturated rings. The zero-order valence-electron chi connectivity index (χ0n) is 18.5. The topological polar surface area (TPSA) is 98.2 Å². The van der Waals surface area contributed by atoms with Crippen LogP contribution in [0.2, 0.25) is 0 Å². The van der Waals surface area contributed by atoms with E-state index in [1.807, 2.05) is 0 Å². The Hall–Kier alpha value is -1.10. The number of carbonyl (C=O) groups is 2. The lowest BCUT2D eigenvalue weighted by Gasteiger charge is -2.08. The Balaban J connectivity index is 3.17. The highest BCUT2D eigenvalue weighted by atomic mass is 16.2. The molecule has 0 bridgehead atoms. The number of unbranched alkanes of at least 4 members (excludes halogenated alkanes) is 15. The molecule has 0 aliphatic heterocycles.